The highest BCUT2D eigenvalue weighted by molar-refractivity contribution is 5.18. The van der Waals surface area contributed by atoms with Crippen LogP contribution in [0.1, 0.15) is 45.6 Å². The number of rotatable bonds is 9. The minimum absolute atomic E-state index is 0.555. The fourth-order valence-corrected chi connectivity index (χ4v) is 2.27. The molecule has 0 amide bonds. The summed E-state index contributed by atoms with van der Waals surface area (Å²) >= 11 is 0. The first kappa shape index (κ1) is 16.0. The molecule has 1 N–H and O–H groups in total. The summed E-state index contributed by atoms with van der Waals surface area (Å²) in [6, 6.07) is 4.60. The van der Waals surface area contributed by atoms with Crippen molar-refractivity contribution in [3.63, 3.8) is 0 Å². The van der Waals surface area contributed by atoms with E-state index in [0.29, 0.717) is 11.9 Å². The number of hydrogen-bond acceptors (Lipinski definition) is 3. The number of nitrogens with zero attached hydrogens (tertiary/aromatic N) is 1. The van der Waals surface area contributed by atoms with Gasteiger partial charge in [-0.05, 0) is 30.9 Å². The van der Waals surface area contributed by atoms with Crippen molar-refractivity contribution in [1.82, 2.24) is 10.3 Å². The van der Waals surface area contributed by atoms with Gasteiger partial charge < -0.3 is 10.1 Å². The zero-order valence-corrected chi connectivity index (χ0v) is 12.8. The van der Waals surface area contributed by atoms with E-state index in [1.807, 2.05) is 12.3 Å². The second kappa shape index (κ2) is 8.92. The van der Waals surface area contributed by atoms with Gasteiger partial charge in [-0.15, -0.1) is 0 Å². The summed E-state index contributed by atoms with van der Waals surface area (Å²) in [6.07, 6.45) is 6.80. The van der Waals surface area contributed by atoms with E-state index in [4.69, 9.17) is 4.74 Å². The first-order valence-electron chi connectivity index (χ1n) is 7.38. The number of nitrogens with one attached hydrogen (secondary N) is 1. The van der Waals surface area contributed by atoms with Crippen molar-refractivity contribution in [2.24, 2.45) is 5.92 Å². The molecule has 0 fully saturated rings. The lowest BCUT2D eigenvalue weighted by Crippen LogP contribution is -2.31. The van der Waals surface area contributed by atoms with Gasteiger partial charge in [-0.1, -0.05) is 39.7 Å². The Morgan fingerprint density at radius 3 is 2.58 bits per heavy atom. The molecule has 1 atom stereocenters. The predicted molar refractivity (Wildman–Crippen MR) is 80.6 cm³/mol. The van der Waals surface area contributed by atoms with Gasteiger partial charge in [0, 0.05) is 18.3 Å². The molecule has 0 saturated carbocycles. The Morgan fingerprint density at radius 2 is 2.05 bits per heavy atom. The molecule has 108 valence electrons. The molecular formula is C16H28N2O. The molecule has 19 heavy (non-hydrogen) atoms. The third kappa shape index (κ3) is 6.58. The van der Waals surface area contributed by atoms with E-state index in [1.165, 1.54) is 24.8 Å². The fourth-order valence-electron chi connectivity index (χ4n) is 2.27. The Bertz CT molecular complexity index is 335. The first-order chi connectivity index (χ1) is 9.15. The monoisotopic (exact) mass is 264 g/mol. The number of methoxy groups -OCH3 is 1. The van der Waals surface area contributed by atoms with Crippen molar-refractivity contribution in [2.45, 2.75) is 52.5 Å². The van der Waals surface area contributed by atoms with Gasteiger partial charge in [-0.3, -0.25) is 0 Å². The van der Waals surface area contributed by atoms with Crippen molar-refractivity contribution in [1.29, 1.82) is 0 Å². The van der Waals surface area contributed by atoms with Gasteiger partial charge in [0.1, 0.15) is 0 Å². The van der Waals surface area contributed by atoms with Gasteiger partial charge in [0.15, 0.2) is 0 Å². The van der Waals surface area contributed by atoms with Crippen LogP contribution in [0, 0.1) is 5.92 Å². The minimum Gasteiger partial charge on any atom is -0.481 e. The average Bonchev–Trinajstić information content (AvgIpc) is 2.39. The van der Waals surface area contributed by atoms with Gasteiger partial charge in [0.2, 0.25) is 5.88 Å². The third-order valence-electron chi connectivity index (χ3n) is 3.32. The molecule has 0 bridgehead atoms. The molecule has 1 aromatic rings. The molecule has 0 aliphatic rings. The summed E-state index contributed by atoms with van der Waals surface area (Å²) in [5, 5.41) is 3.57. The molecule has 1 rings (SSSR count). The first-order valence-corrected chi connectivity index (χ1v) is 7.38. The topological polar surface area (TPSA) is 34.1 Å². The van der Waals surface area contributed by atoms with E-state index >= 15 is 0 Å². The second-order valence-electron chi connectivity index (χ2n) is 5.49. The van der Waals surface area contributed by atoms with Crippen molar-refractivity contribution in [3.8, 4) is 5.88 Å². The van der Waals surface area contributed by atoms with Crippen LogP contribution >= 0.6 is 0 Å². The summed E-state index contributed by atoms with van der Waals surface area (Å²) in [7, 11) is 1.65. The summed E-state index contributed by atoms with van der Waals surface area (Å²) < 4.78 is 5.09. The Hall–Kier alpha value is -1.09. The van der Waals surface area contributed by atoms with Crippen LogP contribution in [0.3, 0.4) is 0 Å². The Morgan fingerprint density at radius 1 is 1.26 bits per heavy atom. The van der Waals surface area contributed by atoms with Gasteiger partial charge in [0.25, 0.3) is 0 Å². The second-order valence-corrected chi connectivity index (χ2v) is 5.49. The van der Waals surface area contributed by atoms with Gasteiger partial charge in [-0.2, -0.15) is 0 Å². The van der Waals surface area contributed by atoms with E-state index < -0.39 is 0 Å². The Kier molecular flexibility index (Phi) is 7.49. The summed E-state index contributed by atoms with van der Waals surface area (Å²) in [4.78, 5) is 4.27. The minimum atomic E-state index is 0.555. The van der Waals surface area contributed by atoms with Crippen molar-refractivity contribution >= 4 is 0 Å². The molecule has 0 aliphatic heterocycles. The van der Waals surface area contributed by atoms with Crippen LogP contribution in [-0.2, 0) is 6.42 Å². The van der Waals surface area contributed by atoms with Crippen molar-refractivity contribution < 1.29 is 4.74 Å². The zero-order chi connectivity index (χ0) is 14.1. The largest absolute Gasteiger partial charge is 0.481 e. The normalized spacial score (nSPS) is 12.7. The number of ether oxygens (including phenoxy) is 1. The molecular weight excluding hydrogens is 236 g/mol. The Labute approximate surface area is 117 Å². The summed E-state index contributed by atoms with van der Waals surface area (Å²) in [5.41, 5.74) is 1.27. The van der Waals surface area contributed by atoms with Gasteiger partial charge >= 0.3 is 0 Å². The number of aromatic nitrogens is 1. The molecule has 0 radical (unpaired) electrons. The van der Waals surface area contributed by atoms with Crippen LogP contribution < -0.4 is 10.1 Å². The van der Waals surface area contributed by atoms with Crippen LogP contribution in [0.4, 0.5) is 0 Å². The van der Waals surface area contributed by atoms with Crippen LogP contribution in [0.25, 0.3) is 0 Å². The van der Waals surface area contributed by atoms with Gasteiger partial charge in [0.05, 0.1) is 7.11 Å². The lowest BCUT2D eigenvalue weighted by Gasteiger charge is -2.18. The lowest BCUT2D eigenvalue weighted by molar-refractivity contribution is 0.397. The maximum atomic E-state index is 5.09. The molecule has 0 spiro atoms. The SMILES string of the molecule is CCNC(CCCC(C)C)Cc1ccc(OC)nc1. The zero-order valence-electron chi connectivity index (χ0n) is 12.8. The van der Waals surface area contributed by atoms with Crippen LogP contribution in [0.2, 0.25) is 0 Å². The van der Waals surface area contributed by atoms with Crippen molar-refractivity contribution in [2.75, 3.05) is 13.7 Å². The summed E-state index contributed by atoms with van der Waals surface area (Å²) in [5.74, 6) is 1.48. The lowest BCUT2D eigenvalue weighted by atomic mass is 9.99. The number of likely N-dealkylation sites (N-methyl/N-ethyl adjacent to an activating group) is 1. The highest BCUT2D eigenvalue weighted by atomic mass is 16.5. The van der Waals surface area contributed by atoms with E-state index in [9.17, 15) is 0 Å². The van der Waals surface area contributed by atoms with E-state index in [0.717, 1.165) is 18.9 Å². The molecule has 0 aliphatic carbocycles. The van der Waals surface area contributed by atoms with Crippen LogP contribution in [0.5, 0.6) is 5.88 Å². The average molecular weight is 264 g/mol. The number of pyridine rings is 1. The molecule has 1 heterocycles. The maximum absolute atomic E-state index is 5.09. The van der Waals surface area contributed by atoms with Crippen LogP contribution in [-0.4, -0.2) is 24.7 Å². The third-order valence-corrected chi connectivity index (χ3v) is 3.32. The maximum Gasteiger partial charge on any atom is 0.212 e. The van der Waals surface area contributed by atoms with Crippen LogP contribution in [0.15, 0.2) is 18.3 Å². The quantitative estimate of drug-likeness (QED) is 0.742. The standard InChI is InChI=1S/C16H28N2O/c1-5-17-15(8-6-7-13(2)3)11-14-9-10-16(19-4)18-12-14/h9-10,12-13,15,17H,5-8,11H2,1-4H3. The molecule has 1 unspecified atom stereocenters. The van der Waals surface area contributed by atoms with Gasteiger partial charge in [-0.25, -0.2) is 4.98 Å². The summed E-state index contributed by atoms with van der Waals surface area (Å²) in [6.45, 7) is 7.77. The Balaban J connectivity index is 2.46. The van der Waals surface area contributed by atoms with E-state index in [-0.39, 0.29) is 0 Å². The predicted octanol–water partition coefficient (Wildman–Crippen LogP) is 3.44. The molecule has 0 saturated heterocycles. The van der Waals surface area contributed by atoms with E-state index in [1.54, 1.807) is 7.11 Å². The van der Waals surface area contributed by atoms with E-state index in [2.05, 4.69) is 37.1 Å². The molecule has 1 aromatic heterocycles. The highest BCUT2D eigenvalue weighted by Gasteiger charge is 2.09. The molecule has 0 aromatic carbocycles. The highest BCUT2D eigenvalue weighted by Crippen LogP contribution is 2.13. The molecule has 3 nitrogen and oxygen atoms in total. The fraction of sp³-hybridized carbons (Fsp3) is 0.688. The smallest absolute Gasteiger partial charge is 0.212 e. The number of hydrogen-bond donors (Lipinski definition) is 1. The van der Waals surface area contributed by atoms with Crippen molar-refractivity contribution in [3.05, 3.63) is 23.9 Å². The molecule has 3 heteroatoms.